The fourth-order valence-electron chi connectivity index (χ4n) is 2.47. The van der Waals surface area contributed by atoms with Crippen molar-refractivity contribution in [3.05, 3.63) is 0 Å². The van der Waals surface area contributed by atoms with Crippen molar-refractivity contribution >= 4 is 11.6 Å². The summed E-state index contributed by atoms with van der Waals surface area (Å²) in [6.07, 6.45) is 9.81. The molecule has 1 unspecified atom stereocenters. The van der Waals surface area contributed by atoms with Crippen molar-refractivity contribution in [1.29, 1.82) is 0 Å². The second-order valence-electron chi connectivity index (χ2n) is 4.83. The Kier molecular flexibility index (Phi) is 4.58. The first-order valence-electron chi connectivity index (χ1n) is 5.79. The molecule has 0 aliphatic heterocycles. The fraction of sp³-hybridized carbons (Fsp3) is 1.00. The molecule has 0 heterocycles. The quantitative estimate of drug-likeness (QED) is 0.463. The highest BCUT2D eigenvalue weighted by Gasteiger charge is 2.31. The third-order valence-electron chi connectivity index (χ3n) is 3.95. The third kappa shape index (κ3) is 2.87. The van der Waals surface area contributed by atoms with Crippen LogP contribution in [-0.2, 0) is 0 Å². The molecule has 0 aromatic heterocycles. The normalized spacial score (nSPS) is 25.2. The molecule has 0 aromatic carbocycles. The maximum Gasteiger partial charge on any atom is 0.0279 e. The number of rotatable bonds is 3. The molecule has 0 saturated heterocycles. The molecule has 0 N–H and O–H groups in total. The minimum atomic E-state index is 0.409. The Labute approximate surface area is 88.1 Å². The minimum Gasteiger partial charge on any atom is -0.126 e. The van der Waals surface area contributed by atoms with E-state index in [-0.39, 0.29) is 0 Å². The SMILES string of the molecule is CCC(C)(CCl)C1CCCCCC1. The van der Waals surface area contributed by atoms with Gasteiger partial charge in [0.2, 0.25) is 0 Å². The molecule has 1 atom stereocenters. The van der Waals surface area contributed by atoms with E-state index in [0.717, 1.165) is 11.8 Å². The second kappa shape index (κ2) is 5.24. The van der Waals surface area contributed by atoms with E-state index in [2.05, 4.69) is 13.8 Å². The molecule has 1 aliphatic rings. The van der Waals surface area contributed by atoms with E-state index < -0.39 is 0 Å². The molecule has 0 spiro atoms. The van der Waals surface area contributed by atoms with Crippen molar-refractivity contribution in [2.24, 2.45) is 11.3 Å². The Morgan fingerprint density at radius 3 is 2.08 bits per heavy atom. The lowest BCUT2D eigenvalue weighted by molar-refractivity contribution is 0.186. The molecule has 1 saturated carbocycles. The van der Waals surface area contributed by atoms with E-state index >= 15 is 0 Å². The van der Waals surface area contributed by atoms with Gasteiger partial charge in [0.25, 0.3) is 0 Å². The molecule has 1 heteroatoms. The fourth-order valence-corrected chi connectivity index (χ4v) is 2.88. The maximum atomic E-state index is 6.10. The number of halogens is 1. The molecule has 13 heavy (non-hydrogen) atoms. The van der Waals surface area contributed by atoms with Crippen molar-refractivity contribution < 1.29 is 0 Å². The van der Waals surface area contributed by atoms with E-state index in [1.54, 1.807) is 0 Å². The monoisotopic (exact) mass is 202 g/mol. The van der Waals surface area contributed by atoms with E-state index in [0.29, 0.717) is 5.41 Å². The maximum absolute atomic E-state index is 6.10. The van der Waals surface area contributed by atoms with Gasteiger partial charge < -0.3 is 0 Å². The van der Waals surface area contributed by atoms with Crippen LogP contribution in [-0.4, -0.2) is 5.88 Å². The van der Waals surface area contributed by atoms with Gasteiger partial charge in [-0.15, -0.1) is 11.6 Å². The van der Waals surface area contributed by atoms with Crippen molar-refractivity contribution in [3.8, 4) is 0 Å². The van der Waals surface area contributed by atoms with Crippen LogP contribution >= 0.6 is 11.6 Å². The van der Waals surface area contributed by atoms with Crippen molar-refractivity contribution in [2.75, 3.05) is 5.88 Å². The van der Waals surface area contributed by atoms with Crippen LogP contribution in [0.2, 0.25) is 0 Å². The first kappa shape index (κ1) is 11.4. The van der Waals surface area contributed by atoms with Crippen LogP contribution in [0, 0.1) is 11.3 Å². The Bertz CT molecular complexity index is 130. The van der Waals surface area contributed by atoms with Crippen LogP contribution in [0.5, 0.6) is 0 Å². The lowest BCUT2D eigenvalue weighted by Gasteiger charge is -2.35. The number of alkyl halides is 1. The zero-order valence-electron chi connectivity index (χ0n) is 9.11. The van der Waals surface area contributed by atoms with Gasteiger partial charge in [-0.2, -0.15) is 0 Å². The van der Waals surface area contributed by atoms with E-state index in [1.165, 1.54) is 44.9 Å². The summed E-state index contributed by atoms with van der Waals surface area (Å²) in [5.41, 5.74) is 0.409. The van der Waals surface area contributed by atoms with E-state index in [9.17, 15) is 0 Å². The summed E-state index contributed by atoms with van der Waals surface area (Å²) in [6.45, 7) is 4.66. The summed E-state index contributed by atoms with van der Waals surface area (Å²) in [4.78, 5) is 0. The van der Waals surface area contributed by atoms with Crippen LogP contribution in [0.15, 0.2) is 0 Å². The van der Waals surface area contributed by atoms with Gasteiger partial charge in [-0.05, 0) is 30.6 Å². The van der Waals surface area contributed by atoms with Gasteiger partial charge in [0, 0.05) is 5.88 Å². The van der Waals surface area contributed by atoms with Crippen LogP contribution in [0.25, 0.3) is 0 Å². The molecule has 1 aliphatic carbocycles. The molecule has 0 bridgehead atoms. The van der Waals surface area contributed by atoms with Crippen molar-refractivity contribution in [3.63, 3.8) is 0 Å². The first-order valence-corrected chi connectivity index (χ1v) is 6.32. The smallest absolute Gasteiger partial charge is 0.0279 e. The summed E-state index contributed by atoms with van der Waals surface area (Å²) in [7, 11) is 0. The summed E-state index contributed by atoms with van der Waals surface area (Å²) in [5.74, 6) is 1.73. The van der Waals surface area contributed by atoms with E-state index in [4.69, 9.17) is 11.6 Å². The molecular formula is C12H23Cl. The molecule has 1 rings (SSSR count). The highest BCUT2D eigenvalue weighted by molar-refractivity contribution is 6.18. The molecular weight excluding hydrogens is 180 g/mol. The van der Waals surface area contributed by atoms with Gasteiger partial charge in [-0.3, -0.25) is 0 Å². The van der Waals surface area contributed by atoms with Crippen LogP contribution in [0.1, 0.15) is 58.8 Å². The summed E-state index contributed by atoms with van der Waals surface area (Å²) < 4.78 is 0. The van der Waals surface area contributed by atoms with Crippen LogP contribution in [0.4, 0.5) is 0 Å². The molecule has 0 aromatic rings. The zero-order valence-corrected chi connectivity index (χ0v) is 9.87. The largest absolute Gasteiger partial charge is 0.126 e. The Hall–Kier alpha value is 0.290. The summed E-state index contributed by atoms with van der Waals surface area (Å²) in [6, 6.07) is 0. The highest BCUT2D eigenvalue weighted by atomic mass is 35.5. The summed E-state index contributed by atoms with van der Waals surface area (Å²) in [5, 5.41) is 0. The minimum absolute atomic E-state index is 0.409. The second-order valence-corrected chi connectivity index (χ2v) is 5.10. The molecule has 0 nitrogen and oxygen atoms in total. The molecule has 1 fully saturated rings. The molecule has 0 amide bonds. The number of hydrogen-bond acceptors (Lipinski definition) is 0. The lowest BCUT2D eigenvalue weighted by atomic mass is 9.73. The highest BCUT2D eigenvalue weighted by Crippen LogP contribution is 2.40. The Balaban J connectivity index is 2.55. The van der Waals surface area contributed by atoms with Gasteiger partial charge in [-0.1, -0.05) is 39.5 Å². The van der Waals surface area contributed by atoms with Crippen molar-refractivity contribution in [2.45, 2.75) is 58.8 Å². The predicted octanol–water partition coefficient (Wildman–Crippen LogP) is 4.61. The van der Waals surface area contributed by atoms with E-state index in [1.807, 2.05) is 0 Å². The zero-order chi connectivity index (χ0) is 9.73. The molecule has 78 valence electrons. The van der Waals surface area contributed by atoms with Gasteiger partial charge in [0.1, 0.15) is 0 Å². The Morgan fingerprint density at radius 2 is 1.69 bits per heavy atom. The average Bonchev–Trinajstić information content (AvgIpc) is 2.45. The summed E-state index contributed by atoms with van der Waals surface area (Å²) >= 11 is 6.10. The van der Waals surface area contributed by atoms with Crippen LogP contribution in [0.3, 0.4) is 0 Å². The van der Waals surface area contributed by atoms with Gasteiger partial charge in [0.15, 0.2) is 0 Å². The van der Waals surface area contributed by atoms with Crippen LogP contribution < -0.4 is 0 Å². The van der Waals surface area contributed by atoms with Crippen molar-refractivity contribution in [1.82, 2.24) is 0 Å². The number of hydrogen-bond donors (Lipinski definition) is 0. The van der Waals surface area contributed by atoms with Gasteiger partial charge >= 0.3 is 0 Å². The lowest BCUT2D eigenvalue weighted by Crippen LogP contribution is -2.28. The molecule has 0 radical (unpaired) electrons. The topological polar surface area (TPSA) is 0 Å². The van der Waals surface area contributed by atoms with Gasteiger partial charge in [-0.25, -0.2) is 0 Å². The first-order chi connectivity index (χ1) is 6.23. The predicted molar refractivity (Wildman–Crippen MR) is 60.3 cm³/mol. The van der Waals surface area contributed by atoms with Gasteiger partial charge in [0.05, 0.1) is 0 Å². The Morgan fingerprint density at radius 1 is 1.15 bits per heavy atom. The average molecular weight is 203 g/mol. The third-order valence-corrected chi connectivity index (χ3v) is 4.56. The standard InChI is InChI=1S/C12H23Cl/c1-3-12(2,10-13)11-8-6-4-5-7-9-11/h11H,3-10H2,1-2H3.